The maximum Gasteiger partial charge on any atom is 0.187 e. The Balaban J connectivity index is 1.53. The van der Waals surface area contributed by atoms with Crippen molar-refractivity contribution in [1.82, 2.24) is 15.3 Å². The van der Waals surface area contributed by atoms with Gasteiger partial charge < -0.3 is 10.1 Å². The van der Waals surface area contributed by atoms with Gasteiger partial charge in [-0.15, -0.1) is 0 Å². The van der Waals surface area contributed by atoms with Crippen LogP contribution in [0, 0.1) is 0 Å². The second-order valence-electron chi connectivity index (χ2n) is 5.05. The van der Waals surface area contributed by atoms with Crippen molar-refractivity contribution in [1.29, 1.82) is 0 Å². The highest BCUT2D eigenvalue weighted by Crippen LogP contribution is 2.30. The number of ether oxygens (including phenoxy) is 1. The summed E-state index contributed by atoms with van der Waals surface area (Å²) < 4.78 is 5.55. The first-order valence-corrected chi connectivity index (χ1v) is 7.52. The Morgan fingerprint density at radius 2 is 2.11 bits per heavy atom. The van der Waals surface area contributed by atoms with Gasteiger partial charge in [-0.1, -0.05) is 11.8 Å². The number of thioether (sulfide) groups is 1. The van der Waals surface area contributed by atoms with E-state index in [0.717, 1.165) is 30.8 Å². The lowest BCUT2D eigenvalue weighted by Gasteiger charge is -2.12. The van der Waals surface area contributed by atoms with Crippen LogP contribution in [0.15, 0.2) is 17.6 Å². The van der Waals surface area contributed by atoms with Crippen molar-refractivity contribution < 1.29 is 4.74 Å². The average molecular weight is 265 g/mol. The molecule has 2 aliphatic rings. The topological polar surface area (TPSA) is 47.0 Å². The summed E-state index contributed by atoms with van der Waals surface area (Å²) in [5, 5.41) is 4.83. The van der Waals surface area contributed by atoms with Gasteiger partial charge >= 0.3 is 0 Å². The van der Waals surface area contributed by atoms with Gasteiger partial charge in [0.2, 0.25) is 0 Å². The van der Waals surface area contributed by atoms with E-state index in [-0.39, 0.29) is 0 Å². The molecule has 1 saturated carbocycles. The molecule has 1 aromatic rings. The molecule has 18 heavy (non-hydrogen) atoms. The van der Waals surface area contributed by atoms with Crippen molar-refractivity contribution >= 4 is 11.8 Å². The lowest BCUT2D eigenvalue weighted by atomic mass is 10.3. The minimum absolute atomic E-state index is 0.315. The molecule has 1 aliphatic heterocycles. The largest absolute Gasteiger partial charge is 0.377 e. The Bertz CT molecular complexity index is 394. The minimum atomic E-state index is 0.315. The zero-order valence-electron chi connectivity index (χ0n) is 10.6. The van der Waals surface area contributed by atoms with E-state index in [4.69, 9.17) is 4.74 Å². The van der Waals surface area contributed by atoms with Crippen LogP contribution in [-0.2, 0) is 11.3 Å². The third-order valence-corrected chi connectivity index (χ3v) is 4.76. The molecule has 1 aromatic heterocycles. The van der Waals surface area contributed by atoms with Gasteiger partial charge in [-0.05, 0) is 26.2 Å². The smallest absolute Gasteiger partial charge is 0.187 e. The maximum atomic E-state index is 5.55. The summed E-state index contributed by atoms with van der Waals surface area (Å²) in [4.78, 5) is 8.86. The normalized spacial score (nSPS) is 27.6. The summed E-state index contributed by atoms with van der Waals surface area (Å²) in [6.07, 6.45) is 7.91. The van der Waals surface area contributed by atoms with Crippen LogP contribution in [0.1, 0.15) is 31.7 Å². The first kappa shape index (κ1) is 12.4. The van der Waals surface area contributed by atoms with Crippen LogP contribution >= 0.6 is 11.8 Å². The van der Waals surface area contributed by atoms with Gasteiger partial charge in [0.25, 0.3) is 0 Å². The van der Waals surface area contributed by atoms with Crippen LogP contribution in [0.2, 0.25) is 0 Å². The monoisotopic (exact) mass is 265 g/mol. The molecular formula is C13H19N3OS. The van der Waals surface area contributed by atoms with E-state index in [1.807, 2.05) is 12.4 Å². The van der Waals surface area contributed by atoms with Crippen molar-refractivity contribution in [2.75, 3.05) is 6.61 Å². The highest BCUT2D eigenvalue weighted by Gasteiger charge is 2.26. The fourth-order valence-electron chi connectivity index (χ4n) is 2.05. The Hall–Kier alpha value is -0.650. The molecule has 5 heteroatoms. The predicted molar refractivity (Wildman–Crippen MR) is 71.6 cm³/mol. The van der Waals surface area contributed by atoms with Crippen LogP contribution in [0.25, 0.3) is 0 Å². The summed E-state index contributed by atoms with van der Waals surface area (Å²) in [6.45, 7) is 3.87. The third kappa shape index (κ3) is 3.22. The molecule has 3 rings (SSSR count). The Morgan fingerprint density at radius 3 is 2.72 bits per heavy atom. The number of nitrogens with one attached hydrogen (secondary N) is 1. The van der Waals surface area contributed by atoms with Crippen molar-refractivity contribution in [2.45, 2.75) is 55.3 Å². The van der Waals surface area contributed by atoms with Gasteiger partial charge in [0.05, 0.1) is 6.10 Å². The van der Waals surface area contributed by atoms with Crippen LogP contribution in [0.4, 0.5) is 0 Å². The summed E-state index contributed by atoms with van der Waals surface area (Å²) in [5.74, 6) is 0. The van der Waals surface area contributed by atoms with E-state index in [9.17, 15) is 0 Å². The van der Waals surface area contributed by atoms with Gasteiger partial charge in [-0.3, -0.25) is 0 Å². The number of aromatic nitrogens is 2. The molecule has 1 saturated heterocycles. The second kappa shape index (κ2) is 5.55. The molecule has 2 heterocycles. The molecule has 2 unspecified atom stereocenters. The fourth-order valence-corrected chi connectivity index (χ4v) is 3.03. The quantitative estimate of drug-likeness (QED) is 0.825. The number of hydrogen-bond donors (Lipinski definition) is 1. The second-order valence-corrected chi connectivity index (χ2v) is 6.26. The molecule has 1 aliphatic carbocycles. The first-order valence-electron chi connectivity index (χ1n) is 6.64. The number of nitrogens with zero attached hydrogens (tertiary/aromatic N) is 2. The van der Waals surface area contributed by atoms with Gasteiger partial charge in [-0.25, -0.2) is 9.97 Å². The predicted octanol–water partition coefficient (Wildman–Crippen LogP) is 2.00. The van der Waals surface area contributed by atoms with Crippen LogP contribution in [-0.4, -0.2) is 34.0 Å². The summed E-state index contributed by atoms with van der Waals surface area (Å²) in [7, 11) is 0. The first-order chi connectivity index (χ1) is 8.81. The van der Waals surface area contributed by atoms with Crippen molar-refractivity contribution in [2.24, 2.45) is 0 Å². The Kier molecular flexibility index (Phi) is 3.82. The summed E-state index contributed by atoms with van der Waals surface area (Å²) in [5.41, 5.74) is 1.17. The van der Waals surface area contributed by atoms with E-state index < -0.39 is 0 Å². The Morgan fingerprint density at radius 1 is 1.33 bits per heavy atom. The van der Waals surface area contributed by atoms with E-state index in [0.29, 0.717) is 11.4 Å². The highest BCUT2D eigenvalue weighted by atomic mass is 32.2. The summed E-state index contributed by atoms with van der Waals surface area (Å²) >= 11 is 1.74. The van der Waals surface area contributed by atoms with Gasteiger partial charge in [0, 0.05) is 42.4 Å². The third-order valence-electron chi connectivity index (χ3n) is 3.42. The molecule has 2 atom stereocenters. The summed E-state index contributed by atoms with van der Waals surface area (Å²) in [6, 6.07) is 0.732. The zero-order valence-corrected chi connectivity index (χ0v) is 11.4. The van der Waals surface area contributed by atoms with Crippen molar-refractivity contribution in [3.63, 3.8) is 0 Å². The number of hydrogen-bond acceptors (Lipinski definition) is 5. The molecule has 0 aromatic carbocycles. The molecule has 0 radical (unpaired) electrons. The van der Waals surface area contributed by atoms with E-state index in [2.05, 4.69) is 22.2 Å². The van der Waals surface area contributed by atoms with Crippen LogP contribution < -0.4 is 5.32 Å². The average Bonchev–Trinajstić information content (AvgIpc) is 3.13. The molecule has 98 valence electrons. The Labute approximate surface area is 112 Å². The van der Waals surface area contributed by atoms with Crippen LogP contribution in [0.5, 0.6) is 0 Å². The van der Waals surface area contributed by atoms with E-state index >= 15 is 0 Å². The van der Waals surface area contributed by atoms with E-state index in [1.54, 1.807) is 11.8 Å². The standard InChI is InChI=1S/C13H19N3OS/c1-9-12(4-5-17-9)18-13-15-7-10(8-16-13)6-14-11-2-3-11/h7-9,11-12,14H,2-6H2,1H3. The van der Waals surface area contributed by atoms with Gasteiger partial charge in [0.15, 0.2) is 5.16 Å². The molecule has 2 fully saturated rings. The van der Waals surface area contributed by atoms with Gasteiger partial charge in [0.1, 0.15) is 0 Å². The SMILES string of the molecule is CC1OCCC1Sc1ncc(CNC2CC2)cn1. The van der Waals surface area contributed by atoms with E-state index in [1.165, 1.54) is 18.4 Å². The lowest BCUT2D eigenvalue weighted by Crippen LogP contribution is -2.16. The van der Waals surface area contributed by atoms with Gasteiger partial charge in [-0.2, -0.15) is 0 Å². The maximum absolute atomic E-state index is 5.55. The molecular weight excluding hydrogens is 246 g/mol. The van der Waals surface area contributed by atoms with Crippen LogP contribution in [0.3, 0.4) is 0 Å². The number of rotatable bonds is 5. The molecule has 4 nitrogen and oxygen atoms in total. The fraction of sp³-hybridized carbons (Fsp3) is 0.692. The molecule has 0 amide bonds. The molecule has 1 N–H and O–H groups in total. The highest BCUT2D eigenvalue weighted by molar-refractivity contribution is 7.99. The zero-order chi connectivity index (χ0) is 12.4. The van der Waals surface area contributed by atoms with Crippen molar-refractivity contribution in [3.8, 4) is 0 Å². The lowest BCUT2D eigenvalue weighted by molar-refractivity contribution is 0.127. The molecule has 0 spiro atoms. The molecule has 0 bridgehead atoms. The minimum Gasteiger partial charge on any atom is -0.377 e. The van der Waals surface area contributed by atoms with Crippen molar-refractivity contribution in [3.05, 3.63) is 18.0 Å².